The first kappa shape index (κ1) is 24.1. The lowest BCUT2D eigenvalue weighted by atomic mass is 10.1. The van der Waals surface area contributed by atoms with Crippen molar-refractivity contribution in [3.63, 3.8) is 0 Å². The summed E-state index contributed by atoms with van der Waals surface area (Å²) in [6, 6.07) is 11.6. The molecule has 192 valence electrons. The van der Waals surface area contributed by atoms with Crippen molar-refractivity contribution < 1.29 is 32.3 Å². The summed E-state index contributed by atoms with van der Waals surface area (Å²) in [4.78, 5) is 14.1. The zero-order chi connectivity index (χ0) is 26.2. The molecule has 1 aliphatic rings. The van der Waals surface area contributed by atoms with Crippen LogP contribution in [0.5, 0.6) is 17.5 Å². The lowest BCUT2D eigenvalue weighted by Gasteiger charge is -2.22. The second-order valence-electron chi connectivity index (χ2n) is 8.57. The van der Waals surface area contributed by atoms with Crippen LogP contribution in [-0.4, -0.2) is 41.7 Å². The van der Waals surface area contributed by atoms with Gasteiger partial charge in [-0.15, -0.1) is 5.10 Å². The molecule has 0 amide bonds. The Hall–Kier alpha value is -4.62. The van der Waals surface area contributed by atoms with Crippen molar-refractivity contribution in [2.24, 2.45) is 0 Å². The maximum absolute atomic E-state index is 12.7. The summed E-state index contributed by atoms with van der Waals surface area (Å²) in [5, 5.41) is 19.0. The number of ether oxygens (including phenoxy) is 3. The number of nitrogens with zero attached hydrogens (tertiary/aromatic N) is 6. The molecule has 3 heterocycles. The highest BCUT2D eigenvalue weighted by molar-refractivity contribution is 5.38. The van der Waals surface area contributed by atoms with Crippen LogP contribution in [-0.2, 0) is 19.3 Å². The maximum atomic E-state index is 12.7. The predicted molar refractivity (Wildman–Crippen MR) is 121 cm³/mol. The third kappa shape index (κ3) is 5.32. The Morgan fingerprint density at radius 3 is 2.62 bits per heavy atom. The zero-order valence-corrected chi connectivity index (χ0v) is 19.3. The van der Waals surface area contributed by atoms with Crippen molar-refractivity contribution in [3.05, 3.63) is 82.3 Å². The molecule has 0 unspecified atom stereocenters. The average Bonchev–Trinajstić information content (AvgIpc) is 3.55. The Morgan fingerprint density at radius 2 is 1.92 bits per heavy atom. The van der Waals surface area contributed by atoms with Crippen LogP contribution in [0.2, 0.25) is 0 Å². The summed E-state index contributed by atoms with van der Waals surface area (Å²) < 4.78 is 58.4. The first-order valence-corrected chi connectivity index (χ1v) is 10.9. The summed E-state index contributed by atoms with van der Waals surface area (Å²) >= 11 is 0. The van der Waals surface area contributed by atoms with E-state index in [-0.39, 0.29) is 30.8 Å². The molecular formula is C23H19F3N6O5. The minimum Gasteiger partial charge on any atom is -0.489 e. The SMILES string of the molecule is C[C@]1(COc2cccc(-n3cc(COc4ccc(C(F)(F)F)cc4)nn3)c2)Cn2cc([N+](=O)[O-])nc2O1. The largest absolute Gasteiger partial charge is 0.489 e. The molecule has 0 fully saturated rings. The van der Waals surface area contributed by atoms with Crippen LogP contribution in [0.1, 0.15) is 18.2 Å². The van der Waals surface area contributed by atoms with Gasteiger partial charge in [-0.3, -0.25) is 4.57 Å². The number of benzene rings is 2. The van der Waals surface area contributed by atoms with Gasteiger partial charge in [0.2, 0.25) is 0 Å². The second kappa shape index (κ2) is 9.11. The van der Waals surface area contributed by atoms with Gasteiger partial charge in [-0.1, -0.05) is 11.3 Å². The van der Waals surface area contributed by atoms with E-state index in [1.807, 2.05) is 6.92 Å². The van der Waals surface area contributed by atoms with Crippen molar-refractivity contribution in [3.8, 4) is 23.2 Å². The average molecular weight is 516 g/mol. The van der Waals surface area contributed by atoms with E-state index in [1.165, 1.54) is 23.0 Å². The van der Waals surface area contributed by atoms with Gasteiger partial charge in [0.25, 0.3) is 0 Å². The Labute approximate surface area is 207 Å². The Kier molecular flexibility index (Phi) is 5.93. The lowest BCUT2D eigenvalue weighted by Crippen LogP contribution is -2.38. The van der Waals surface area contributed by atoms with Crippen LogP contribution in [0.25, 0.3) is 5.69 Å². The van der Waals surface area contributed by atoms with Gasteiger partial charge in [-0.25, -0.2) is 4.68 Å². The second-order valence-corrected chi connectivity index (χ2v) is 8.57. The summed E-state index contributed by atoms with van der Waals surface area (Å²) in [6.45, 7) is 2.34. The third-order valence-corrected chi connectivity index (χ3v) is 5.49. The first-order valence-electron chi connectivity index (χ1n) is 10.9. The van der Waals surface area contributed by atoms with Crippen LogP contribution in [0.3, 0.4) is 0 Å². The quantitative estimate of drug-likeness (QED) is 0.253. The fourth-order valence-electron chi connectivity index (χ4n) is 3.70. The van der Waals surface area contributed by atoms with Crippen LogP contribution in [0.15, 0.2) is 60.9 Å². The number of alkyl halides is 3. The molecule has 1 atom stereocenters. The van der Waals surface area contributed by atoms with E-state index in [0.717, 1.165) is 12.1 Å². The molecule has 0 spiro atoms. The number of halogens is 3. The number of aromatic nitrogens is 5. The van der Waals surface area contributed by atoms with E-state index < -0.39 is 22.3 Å². The van der Waals surface area contributed by atoms with Crippen molar-refractivity contribution in [1.29, 1.82) is 0 Å². The summed E-state index contributed by atoms with van der Waals surface area (Å²) in [5.41, 5.74) is -0.381. The molecule has 2 aromatic carbocycles. The summed E-state index contributed by atoms with van der Waals surface area (Å²) in [7, 11) is 0. The summed E-state index contributed by atoms with van der Waals surface area (Å²) in [5.74, 6) is 0.538. The number of imidazole rings is 1. The monoisotopic (exact) mass is 516 g/mol. The molecule has 0 saturated heterocycles. The van der Waals surface area contributed by atoms with Gasteiger partial charge in [-0.2, -0.15) is 13.2 Å². The van der Waals surface area contributed by atoms with Gasteiger partial charge in [0.15, 0.2) is 5.60 Å². The standard InChI is InChI=1S/C23H19F3N6O5/c1-22(13-30-11-20(32(33)34)27-21(30)37-22)14-36-19-4-2-3-17(9-19)31-10-16(28-29-31)12-35-18-7-5-15(6-8-18)23(24,25)26/h2-11H,12-14H2,1H3/t22-/m1/s1. The molecule has 37 heavy (non-hydrogen) atoms. The van der Waals surface area contributed by atoms with Gasteiger partial charge in [-0.05, 0) is 48.2 Å². The summed E-state index contributed by atoms with van der Waals surface area (Å²) in [6.07, 6.45) is -1.45. The molecule has 4 aromatic rings. The zero-order valence-electron chi connectivity index (χ0n) is 19.3. The fourth-order valence-corrected chi connectivity index (χ4v) is 3.70. The smallest absolute Gasteiger partial charge is 0.416 e. The topological polar surface area (TPSA) is 119 Å². The third-order valence-electron chi connectivity index (χ3n) is 5.49. The van der Waals surface area contributed by atoms with Gasteiger partial charge in [0, 0.05) is 11.1 Å². The number of hydrogen-bond acceptors (Lipinski definition) is 8. The van der Waals surface area contributed by atoms with E-state index in [2.05, 4.69) is 15.3 Å². The number of nitro groups is 1. The molecule has 0 N–H and O–H groups in total. The Morgan fingerprint density at radius 1 is 1.14 bits per heavy atom. The van der Waals surface area contributed by atoms with Crippen molar-refractivity contribution in [2.75, 3.05) is 6.61 Å². The van der Waals surface area contributed by atoms with E-state index in [0.29, 0.717) is 23.7 Å². The van der Waals surface area contributed by atoms with Gasteiger partial charge < -0.3 is 24.3 Å². The minimum absolute atomic E-state index is 0.0181. The highest BCUT2D eigenvalue weighted by Crippen LogP contribution is 2.32. The molecule has 5 rings (SSSR count). The molecule has 0 bridgehead atoms. The number of rotatable bonds is 8. The Bertz CT molecular complexity index is 1410. The molecule has 1 aliphatic heterocycles. The molecule has 14 heteroatoms. The van der Waals surface area contributed by atoms with Crippen molar-refractivity contribution in [2.45, 2.75) is 31.9 Å². The van der Waals surface area contributed by atoms with Gasteiger partial charge >= 0.3 is 18.0 Å². The van der Waals surface area contributed by atoms with Gasteiger partial charge in [0.1, 0.15) is 36.6 Å². The van der Waals surface area contributed by atoms with E-state index in [9.17, 15) is 23.3 Å². The van der Waals surface area contributed by atoms with E-state index >= 15 is 0 Å². The highest BCUT2D eigenvalue weighted by Gasteiger charge is 2.41. The highest BCUT2D eigenvalue weighted by atomic mass is 19.4. The normalized spacial score (nSPS) is 16.8. The van der Waals surface area contributed by atoms with Gasteiger partial charge in [0.05, 0.1) is 24.0 Å². The predicted octanol–water partition coefficient (Wildman–Crippen LogP) is 4.20. The molecule has 0 aliphatic carbocycles. The molecule has 2 aromatic heterocycles. The van der Waals surface area contributed by atoms with Crippen LogP contribution < -0.4 is 14.2 Å². The molecule has 11 nitrogen and oxygen atoms in total. The van der Waals surface area contributed by atoms with Crippen molar-refractivity contribution in [1.82, 2.24) is 24.5 Å². The molecule has 0 saturated carbocycles. The molecule has 0 radical (unpaired) electrons. The first-order chi connectivity index (χ1) is 17.6. The maximum Gasteiger partial charge on any atom is 0.416 e. The fraction of sp³-hybridized carbons (Fsp3) is 0.261. The van der Waals surface area contributed by atoms with Crippen LogP contribution in [0.4, 0.5) is 19.0 Å². The lowest BCUT2D eigenvalue weighted by molar-refractivity contribution is -0.389. The minimum atomic E-state index is -4.41. The van der Waals surface area contributed by atoms with Crippen molar-refractivity contribution >= 4 is 5.82 Å². The molecular weight excluding hydrogens is 497 g/mol. The van der Waals surface area contributed by atoms with Crippen LogP contribution >= 0.6 is 0 Å². The Balaban J connectivity index is 1.18. The van der Waals surface area contributed by atoms with E-state index in [4.69, 9.17) is 14.2 Å². The number of fused-ring (bicyclic) bond motifs is 1. The van der Waals surface area contributed by atoms with E-state index in [1.54, 1.807) is 35.0 Å². The van der Waals surface area contributed by atoms with Crippen LogP contribution in [0, 0.1) is 10.1 Å². The number of hydrogen-bond donors (Lipinski definition) is 0.